The van der Waals surface area contributed by atoms with Crippen LogP contribution < -0.4 is 14.9 Å². The topological polar surface area (TPSA) is 103 Å². The molecule has 2 aromatic carbocycles. The third kappa shape index (κ3) is 5.41. The summed E-state index contributed by atoms with van der Waals surface area (Å²) < 4.78 is 12.0. The van der Waals surface area contributed by atoms with Gasteiger partial charge in [0.15, 0.2) is 11.5 Å². The van der Waals surface area contributed by atoms with Crippen LogP contribution in [0.25, 0.3) is 0 Å². The molecule has 0 aromatic heterocycles. The van der Waals surface area contributed by atoms with E-state index in [9.17, 15) is 14.9 Å². The fraction of sp³-hybridized carbons (Fsp3) is 0.176. The summed E-state index contributed by atoms with van der Waals surface area (Å²) in [6.07, 6.45) is 1.51. The van der Waals surface area contributed by atoms with Crippen molar-refractivity contribution in [3.05, 3.63) is 61.2 Å². The number of halogens is 1. The van der Waals surface area contributed by atoms with E-state index in [1.807, 2.05) is 6.07 Å². The molecule has 0 radical (unpaired) electrons. The third-order valence-corrected chi connectivity index (χ3v) is 4.02. The van der Waals surface area contributed by atoms with Gasteiger partial charge in [-0.3, -0.25) is 14.9 Å². The van der Waals surface area contributed by atoms with Crippen LogP contribution in [0.1, 0.15) is 18.1 Å². The molecule has 0 fully saturated rings. The molecule has 0 atom stereocenters. The number of carbonyl (C=O) groups excluding carboxylic acids is 1. The number of nitro benzene ring substituents is 1. The number of nitro groups is 1. The van der Waals surface area contributed by atoms with Crippen LogP contribution in [0.5, 0.6) is 11.5 Å². The van der Waals surface area contributed by atoms with E-state index < -0.39 is 4.92 Å². The molecule has 0 heterocycles. The van der Waals surface area contributed by atoms with E-state index in [1.165, 1.54) is 32.4 Å². The molecule has 8 nitrogen and oxygen atoms in total. The van der Waals surface area contributed by atoms with Crippen LogP contribution in [0.4, 0.5) is 5.69 Å². The number of nitrogens with one attached hydrogen (secondary N) is 1. The summed E-state index contributed by atoms with van der Waals surface area (Å²) in [7, 11) is 1.53. The molecule has 0 bridgehead atoms. The Kier molecular flexibility index (Phi) is 6.89. The molecule has 0 saturated carbocycles. The fourth-order valence-electron chi connectivity index (χ4n) is 2.02. The molecule has 2 rings (SSSR count). The van der Waals surface area contributed by atoms with Gasteiger partial charge in [0.1, 0.15) is 6.61 Å². The highest BCUT2D eigenvalue weighted by Gasteiger charge is 2.12. The maximum atomic E-state index is 10.8. The predicted molar refractivity (Wildman–Crippen MR) is 105 cm³/mol. The smallest absolute Gasteiger partial charge is 0.269 e. The number of non-ortho nitro benzene ring substituents is 1. The first kappa shape index (κ1) is 19.6. The lowest BCUT2D eigenvalue weighted by Gasteiger charge is -2.13. The van der Waals surface area contributed by atoms with E-state index in [-0.39, 0.29) is 18.2 Å². The van der Waals surface area contributed by atoms with Crippen LogP contribution in [0.15, 0.2) is 41.5 Å². The molecule has 1 N–H and O–H groups in total. The van der Waals surface area contributed by atoms with Gasteiger partial charge in [0.05, 0.1) is 21.8 Å². The van der Waals surface area contributed by atoms with Crippen LogP contribution in [-0.2, 0) is 11.4 Å². The molecule has 0 aliphatic rings. The van der Waals surface area contributed by atoms with Crippen molar-refractivity contribution in [1.82, 2.24) is 5.43 Å². The summed E-state index contributed by atoms with van der Waals surface area (Å²) in [6, 6.07) is 9.72. The van der Waals surface area contributed by atoms with E-state index in [2.05, 4.69) is 33.1 Å². The van der Waals surface area contributed by atoms with Crippen molar-refractivity contribution in [3.63, 3.8) is 0 Å². The van der Waals surface area contributed by atoms with Crippen molar-refractivity contribution >= 4 is 40.4 Å². The van der Waals surface area contributed by atoms with Crippen molar-refractivity contribution in [2.45, 2.75) is 13.5 Å². The van der Waals surface area contributed by atoms with Gasteiger partial charge in [0, 0.05) is 19.1 Å². The minimum absolute atomic E-state index is 0.0312. The van der Waals surface area contributed by atoms with Crippen LogP contribution in [0.2, 0.25) is 0 Å². The lowest BCUT2D eigenvalue weighted by molar-refractivity contribution is -0.384. The van der Waals surface area contributed by atoms with Crippen LogP contribution in [-0.4, -0.2) is 24.2 Å². The SMILES string of the molecule is COc1cc(/C=N\NC(C)=O)cc(I)c1OCc1ccc([N+](=O)[O-])cc1. The molecule has 0 aliphatic heterocycles. The van der Waals surface area contributed by atoms with Gasteiger partial charge in [0.2, 0.25) is 5.91 Å². The quantitative estimate of drug-likeness (QED) is 0.290. The summed E-state index contributed by atoms with van der Waals surface area (Å²) >= 11 is 2.11. The molecule has 9 heteroatoms. The maximum absolute atomic E-state index is 10.8. The van der Waals surface area contributed by atoms with Crippen molar-refractivity contribution in [1.29, 1.82) is 0 Å². The van der Waals surface area contributed by atoms with E-state index >= 15 is 0 Å². The second-order valence-corrected chi connectivity index (χ2v) is 6.33. The molecule has 0 saturated heterocycles. The molecule has 26 heavy (non-hydrogen) atoms. The Morgan fingerprint density at radius 3 is 2.62 bits per heavy atom. The Bertz CT molecular complexity index is 837. The number of nitrogens with zero attached hydrogens (tertiary/aromatic N) is 2. The molecule has 136 valence electrons. The Balaban J connectivity index is 2.14. The number of hydrogen-bond acceptors (Lipinski definition) is 6. The Hall–Kier alpha value is -2.69. The summed E-state index contributed by atoms with van der Waals surface area (Å²) in [6.45, 7) is 1.61. The van der Waals surface area contributed by atoms with Crippen molar-refractivity contribution in [3.8, 4) is 11.5 Å². The normalized spacial score (nSPS) is 10.6. The summed E-state index contributed by atoms with van der Waals surface area (Å²) in [5, 5.41) is 14.5. The monoisotopic (exact) mass is 469 g/mol. The Morgan fingerprint density at radius 1 is 1.35 bits per heavy atom. The van der Waals surface area contributed by atoms with E-state index in [1.54, 1.807) is 18.2 Å². The molecular formula is C17H16IN3O5. The van der Waals surface area contributed by atoms with Crippen LogP contribution in [0, 0.1) is 13.7 Å². The first-order chi connectivity index (χ1) is 12.4. The molecule has 2 aromatic rings. The number of benzene rings is 2. The highest BCUT2D eigenvalue weighted by molar-refractivity contribution is 14.1. The average molecular weight is 469 g/mol. The molecule has 0 aliphatic carbocycles. The number of hydrogen-bond donors (Lipinski definition) is 1. The van der Waals surface area contributed by atoms with Crippen molar-refractivity contribution in [2.75, 3.05) is 7.11 Å². The average Bonchev–Trinajstić information content (AvgIpc) is 2.60. The first-order valence-electron chi connectivity index (χ1n) is 7.44. The number of rotatable bonds is 7. The lowest BCUT2D eigenvalue weighted by Crippen LogP contribution is -2.12. The number of carbonyl (C=O) groups is 1. The summed E-state index contributed by atoms with van der Waals surface area (Å²) in [5.41, 5.74) is 3.90. The number of amides is 1. The number of hydrazone groups is 1. The van der Waals surface area contributed by atoms with Gasteiger partial charge in [0.25, 0.3) is 5.69 Å². The summed E-state index contributed by atoms with van der Waals surface area (Å²) in [5.74, 6) is 0.817. The van der Waals surface area contributed by atoms with E-state index in [0.29, 0.717) is 11.5 Å². The third-order valence-electron chi connectivity index (χ3n) is 3.22. The zero-order chi connectivity index (χ0) is 19.1. The number of ether oxygens (including phenoxy) is 2. The van der Waals surface area contributed by atoms with Gasteiger partial charge in [-0.15, -0.1) is 0 Å². The fourth-order valence-corrected chi connectivity index (χ4v) is 2.80. The highest BCUT2D eigenvalue weighted by atomic mass is 127. The lowest BCUT2D eigenvalue weighted by atomic mass is 10.2. The van der Waals surface area contributed by atoms with Gasteiger partial charge in [-0.05, 0) is 58.0 Å². The van der Waals surface area contributed by atoms with E-state index in [0.717, 1.165) is 14.7 Å². The number of methoxy groups -OCH3 is 1. The van der Waals surface area contributed by atoms with Crippen LogP contribution >= 0.6 is 22.6 Å². The first-order valence-corrected chi connectivity index (χ1v) is 8.52. The minimum atomic E-state index is -0.447. The van der Waals surface area contributed by atoms with Gasteiger partial charge in [-0.1, -0.05) is 0 Å². The van der Waals surface area contributed by atoms with Crippen molar-refractivity contribution < 1.29 is 19.2 Å². The largest absolute Gasteiger partial charge is 0.493 e. The van der Waals surface area contributed by atoms with Gasteiger partial charge >= 0.3 is 0 Å². The van der Waals surface area contributed by atoms with Gasteiger partial charge < -0.3 is 9.47 Å². The highest BCUT2D eigenvalue weighted by Crippen LogP contribution is 2.34. The summed E-state index contributed by atoms with van der Waals surface area (Å²) in [4.78, 5) is 21.1. The predicted octanol–water partition coefficient (Wildman–Crippen LogP) is 3.26. The zero-order valence-corrected chi connectivity index (χ0v) is 16.2. The molecule has 0 unspecified atom stereocenters. The van der Waals surface area contributed by atoms with Crippen LogP contribution in [0.3, 0.4) is 0 Å². The Morgan fingerprint density at radius 2 is 2.04 bits per heavy atom. The molecular weight excluding hydrogens is 453 g/mol. The Labute approximate surface area is 163 Å². The zero-order valence-electron chi connectivity index (χ0n) is 14.1. The van der Waals surface area contributed by atoms with Crippen molar-refractivity contribution in [2.24, 2.45) is 5.10 Å². The van der Waals surface area contributed by atoms with Gasteiger partial charge in [-0.2, -0.15) is 5.10 Å². The van der Waals surface area contributed by atoms with E-state index in [4.69, 9.17) is 9.47 Å². The van der Waals surface area contributed by atoms with Gasteiger partial charge in [-0.25, -0.2) is 5.43 Å². The molecule has 1 amide bonds. The minimum Gasteiger partial charge on any atom is -0.493 e. The standard InChI is InChI=1S/C17H16IN3O5/c1-11(22)20-19-9-13-7-15(18)17(16(8-13)25-2)26-10-12-3-5-14(6-4-12)21(23)24/h3-9H,10H2,1-2H3,(H,20,22)/b19-9-. The maximum Gasteiger partial charge on any atom is 0.269 e. The second kappa shape index (κ2) is 9.13. The second-order valence-electron chi connectivity index (χ2n) is 5.17. The molecule has 0 spiro atoms.